The van der Waals surface area contributed by atoms with Gasteiger partial charge in [-0.3, -0.25) is 9.69 Å². The monoisotopic (exact) mass is 324 g/mol. The predicted molar refractivity (Wildman–Crippen MR) is 99.8 cm³/mol. The van der Waals surface area contributed by atoms with Gasteiger partial charge in [0.15, 0.2) is 0 Å². The van der Waals surface area contributed by atoms with Crippen molar-refractivity contribution >= 4 is 5.91 Å². The number of benzene rings is 2. The minimum atomic E-state index is 0.148. The Labute approximate surface area is 145 Å². The van der Waals surface area contributed by atoms with Crippen LogP contribution < -0.4 is 5.32 Å². The fourth-order valence-electron chi connectivity index (χ4n) is 2.70. The summed E-state index contributed by atoms with van der Waals surface area (Å²) >= 11 is 0. The molecule has 0 bridgehead atoms. The quantitative estimate of drug-likeness (QED) is 0.677. The number of carbonyl (C=O) groups is 1. The summed E-state index contributed by atoms with van der Waals surface area (Å²) in [6, 6.07) is 20.8. The van der Waals surface area contributed by atoms with Gasteiger partial charge in [0.1, 0.15) is 0 Å². The molecule has 3 heteroatoms. The number of nitrogens with zero attached hydrogens (tertiary/aromatic N) is 1. The van der Waals surface area contributed by atoms with Gasteiger partial charge in [-0.15, -0.1) is 0 Å². The predicted octanol–water partition coefficient (Wildman–Crippen LogP) is 3.65. The molecule has 0 aromatic heterocycles. The van der Waals surface area contributed by atoms with E-state index < -0.39 is 0 Å². The van der Waals surface area contributed by atoms with Crippen molar-refractivity contribution in [2.75, 3.05) is 19.6 Å². The average molecular weight is 324 g/mol. The summed E-state index contributed by atoms with van der Waals surface area (Å²) in [5, 5.41) is 3.03. The summed E-state index contributed by atoms with van der Waals surface area (Å²) < 4.78 is 0. The average Bonchev–Trinajstić information content (AvgIpc) is 2.64. The number of hydrogen-bond acceptors (Lipinski definition) is 2. The fourth-order valence-corrected chi connectivity index (χ4v) is 2.70. The minimum Gasteiger partial charge on any atom is -0.356 e. The Morgan fingerprint density at radius 3 is 2.21 bits per heavy atom. The van der Waals surface area contributed by atoms with Crippen molar-refractivity contribution < 1.29 is 4.79 Å². The van der Waals surface area contributed by atoms with Gasteiger partial charge < -0.3 is 5.32 Å². The second-order valence-corrected chi connectivity index (χ2v) is 6.04. The maximum absolute atomic E-state index is 12.0. The molecular weight excluding hydrogens is 296 g/mol. The fraction of sp³-hybridized carbons (Fsp3) is 0.381. The van der Waals surface area contributed by atoms with E-state index in [1.807, 2.05) is 12.1 Å². The number of aryl methyl sites for hydroxylation is 1. The van der Waals surface area contributed by atoms with Crippen LogP contribution in [0.4, 0.5) is 0 Å². The molecule has 0 aliphatic rings. The second kappa shape index (κ2) is 10.6. The van der Waals surface area contributed by atoms with Crippen LogP contribution in [-0.2, 0) is 17.8 Å². The molecule has 0 unspecified atom stereocenters. The van der Waals surface area contributed by atoms with Crippen LogP contribution in [0, 0.1) is 0 Å². The van der Waals surface area contributed by atoms with E-state index in [0.717, 1.165) is 39.0 Å². The maximum atomic E-state index is 12.0. The van der Waals surface area contributed by atoms with E-state index in [2.05, 4.69) is 65.7 Å². The number of nitrogens with one attached hydrogen (secondary N) is 1. The first-order valence-corrected chi connectivity index (χ1v) is 8.85. The van der Waals surface area contributed by atoms with Gasteiger partial charge in [0.25, 0.3) is 0 Å². The Balaban J connectivity index is 1.61. The van der Waals surface area contributed by atoms with Crippen molar-refractivity contribution in [3.05, 3.63) is 71.8 Å². The van der Waals surface area contributed by atoms with E-state index in [1.165, 1.54) is 11.1 Å². The van der Waals surface area contributed by atoms with Crippen molar-refractivity contribution in [1.29, 1.82) is 0 Å². The Hall–Kier alpha value is -2.13. The molecule has 3 nitrogen and oxygen atoms in total. The van der Waals surface area contributed by atoms with Crippen molar-refractivity contribution in [1.82, 2.24) is 10.2 Å². The van der Waals surface area contributed by atoms with Crippen LogP contribution in [0.15, 0.2) is 60.7 Å². The molecule has 0 aliphatic heterocycles. The van der Waals surface area contributed by atoms with Gasteiger partial charge in [0.2, 0.25) is 5.91 Å². The van der Waals surface area contributed by atoms with E-state index in [-0.39, 0.29) is 5.91 Å². The largest absolute Gasteiger partial charge is 0.356 e. The molecule has 0 atom stereocenters. The first-order chi connectivity index (χ1) is 11.8. The van der Waals surface area contributed by atoms with Crippen LogP contribution in [0.25, 0.3) is 0 Å². The van der Waals surface area contributed by atoms with Crippen LogP contribution in [0.5, 0.6) is 0 Å². The van der Waals surface area contributed by atoms with Crippen LogP contribution in [0.2, 0.25) is 0 Å². The molecule has 2 aromatic rings. The molecule has 2 aromatic carbocycles. The third-order valence-corrected chi connectivity index (χ3v) is 4.16. The summed E-state index contributed by atoms with van der Waals surface area (Å²) in [4.78, 5) is 14.3. The zero-order valence-corrected chi connectivity index (χ0v) is 14.6. The minimum absolute atomic E-state index is 0.148. The molecular formula is C21H28N2O. The van der Waals surface area contributed by atoms with E-state index in [0.29, 0.717) is 6.42 Å². The highest BCUT2D eigenvalue weighted by Crippen LogP contribution is 2.05. The highest BCUT2D eigenvalue weighted by atomic mass is 16.1. The Morgan fingerprint density at radius 2 is 1.58 bits per heavy atom. The topological polar surface area (TPSA) is 32.3 Å². The maximum Gasteiger partial charge on any atom is 0.221 e. The normalized spacial score (nSPS) is 10.8. The van der Waals surface area contributed by atoms with Crippen LogP contribution in [0.1, 0.15) is 30.9 Å². The van der Waals surface area contributed by atoms with Crippen molar-refractivity contribution in [2.45, 2.75) is 32.7 Å². The first kappa shape index (κ1) is 18.2. The Bertz CT molecular complexity index is 583. The summed E-state index contributed by atoms with van der Waals surface area (Å²) in [5.74, 6) is 0.148. The molecule has 0 radical (unpaired) electrons. The first-order valence-electron chi connectivity index (χ1n) is 8.85. The van der Waals surface area contributed by atoms with E-state index in [4.69, 9.17) is 0 Å². The summed E-state index contributed by atoms with van der Waals surface area (Å²) in [5.41, 5.74) is 2.62. The zero-order valence-electron chi connectivity index (χ0n) is 14.6. The number of carbonyl (C=O) groups excluding carboxylic acids is 1. The molecule has 24 heavy (non-hydrogen) atoms. The molecule has 0 heterocycles. The van der Waals surface area contributed by atoms with Crippen LogP contribution in [0.3, 0.4) is 0 Å². The Morgan fingerprint density at radius 1 is 0.958 bits per heavy atom. The van der Waals surface area contributed by atoms with E-state index >= 15 is 0 Å². The molecule has 2 rings (SSSR count). The van der Waals surface area contributed by atoms with Gasteiger partial charge in [-0.1, -0.05) is 67.6 Å². The van der Waals surface area contributed by atoms with Gasteiger partial charge in [-0.25, -0.2) is 0 Å². The lowest BCUT2D eigenvalue weighted by Crippen LogP contribution is -2.31. The van der Waals surface area contributed by atoms with Gasteiger partial charge >= 0.3 is 0 Å². The molecule has 1 amide bonds. The third-order valence-electron chi connectivity index (χ3n) is 4.16. The van der Waals surface area contributed by atoms with Gasteiger partial charge in [0.05, 0.1) is 0 Å². The smallest absolute Gasteiger partial charge is 0.221 e. The number of amides is 1. The van der Waals surface area contributed by atoms with Crippen molar-refractivity contribution in [3.8, 4) is 0 Å². The van der Waals surface area contributed by atoms with Gasteiger partial charge in [0, 0.05) is 26.1 Å². The number of hydrogen-bond donors (Lipinski definition) is 1. The molecule has 0 fully saturated rings. The van der Waals surface area contributed by atoms with Crippen molar-refractivity contribution in [2.24, 2.45) is 0 Å². The van der Waals surface area contributed by atoms with Crippen LogP contribution in [-0.4, -0.2) is 30.4 Å². The summed E-state index contributed by atoms with van der Waals surface area (Å²) in [7, 11) is 0. The van der Waals surface area contributed by atoms with Gasteiger partial charge in [-0.05, 0) is 30.5 Å². The Kier molecular flexibility index (Phi) is 8.05. The molecule has 128 valence electrons. The molecule has 0 saturated carbocycles. The van der Waals surface area contributed by atoms with E-state index in [9.17, 15) is 4.79 Å². The number of rotatable bonds is 10. The highest BCUT2D eigenvalue weighted by molar-refractivity contribution is 5.76. The molecule has 0 spiro atoms. The van der Waals surface area contributed by atoms with Crippen LogP contribution >= 0.6 is 0 Å². The lowest BCUT2D eigenvalue weighted by Gasteiger charge is -2.20. The molecule has 0 saturated heterocycles. The second-order valence-electron chi connectivity index (χ2n) is 6.04. The third kappa shape index (κ3) is 6.97. The SMILES string of the molecule is CCN(CCC(=O)NCCCc1ccccc1)Cc1ccccc1. The zero-order chi connectivity index (χ0) is 17.0. The highest BCUT2D eigenvalue weighted by Gasteiger charge is 2.07. The van der Waals surface area contributed by atoms with Gasteiger partial charge in [-0.2, -0.15) is 0 Å². The summed E-state index contributed by atoms with van der Waals surface area (Å²) in [6.07, 6.45) is 2.56. The standard InChI is InChI=1S/C21H28N2O/c1-2-23(18-20-12-7-4-8-13-20)17-15-21(24)22-16-9-14-19-10-5-3-6-11-19/h3-8,10-13H,2,9,14-18H2,1H3,(H,22,24). The lowest BCUT2D eigenvalue weighted by molar-refractivity contribution is -0.121. The molecule has 1 N–H and O–H groups in total. The van der Waals surface area contributed by atoms with Crippen molar-refractivity contribution in [3.63, 3.8) is 0 Å². The van der Waals surface area contributed by atoms with E-state index in [1.54, 1.807) is 0 Å². The summed E-state index contributed by atoms with van der Waals surface area (Å²) in [6.45, 7) is 5.55. The molecule has 0 aliphatic carbocycles. The lowest BCUT2D eigenvalue weighted by atomic mass is 10.1.